The van der Waals surface area contributed by atoms with Gasteiger partial charge >= 0.3 is 0 Å². The third kappa shape index (κ3) is 2.71. The number of hydrogen-bond acceptors (Lipinski definition) is 3. The number of phenols is 1. The number of rotatable bonds is 3. The van der Waals surface area contributed by atoms with Gasteiger partial charge < -0.3 is 16.2 Å². The van der Waals surface area contributed by atoms with E-state index in [1.807, 2.05) is 19.1 Å². The summed E-state index contributed by atoms with van der Waals surface area (Å²) in [5.74, 6) is 0.681. The Hall–Kier alpha value is -1.64. The maximum atomic E-state index is 9.44. The van der Waals surface area contributed by atoms with Gasteiger partial charge in [0.1, 0.15) is 5.75 Å². The van der Waals surface area contributed by atoms with Crippen molar-refractivity contribution in [1.82, 2.24) is 5.32 Å². The molecule has 0 aliphatic rings. The molecular formula is C10H14N2O. The van der Waals surface area contributed by atoms with Gasteiger partial charge in [-0.2, -0.15) is 0 Å². The zero-order chi connectivity index (χ0) is 9.84. The van der Waals surface area contributed by atoms with Gasteiger partial charge in [-0.1, -0.05) is 24.3 Å². The van der Waals surface area contributed by atoms with Crippen molar-refractivity contribution in [3.63, 3.8) is 0 Å². The van der Waals surface area contributed by atoms with E-state index in [2.05, 4.69) is 11.9 Å². The third-order valence-electron chi connectivity index (χ3n) is 1.74. The zero-order valence-electron chi connectivity index (χ0n) is 7.67. The van der Waals surface area contributed by atoms with E-state index in [9.17, 15) is 5.11 Å². The second kappa shape index (κ2) is 3.85. The summed E-state index contributed by atoms with van der Waals surface area (Å²) in [6, 6.07) is 5.44. The molecule has 0 aliphatic heterocycles. The van der Waals surface area contributed by atoms with Gasteiger partial charge in [-0.25, -0.2) is 0 Å². The van der Waals surface area contributed by atoms with E-state index in [1.54, 1.807) is 6.07 Å². The Morgan fingerprint density at radius 3 is 2.92 bits per heavy atom. The van der Waals surface area contributed by atoms with Crippen molar-refractivity contribution in [1.29, 1.82) is 0 Å². The van der Waals surface area contributed by atoms with E-state index < -0.39 is 0 Å². The van der Waals surface area contributed by atoms with Crippen molar-refractivity contribution >= 4 is 0 Å². The normalized spacial score (nSPS) is 9.62. The van der Waals surface area contributed by atoms with Crippen molar-refractivity contribution in [2.75, 3.05) is 0 Å². The molecule has 0 radical (unpaired) electrons. The molecule has 0 saturated carbocycles. The Bertz CT molecular complexity index is 321. The van der Waals surface area contributed by atoms with E-state index >= 15 is 0 Å². The number of hydrogen-bond donors (Lipinski definition) is 3. The average molecular weight is 178 g/mol. The molecule has 70 valence electrons. The van der Waals surface area contributed by atoms with Crippen LogP contribution in [0, 0.1) is 6.92 Å². The molecule has 0 atom stereocenters. The monoisotopic (exact) mass is 178 g/mol. The molecular weight excluding hydrogens is 164 g/mol. The summed E-state index contributed by atoms with van der Waals surface area (Å²) in [6.07, 6.45) is 0. The summed E-state index contributed by atoms with van der Waals surface area (Å²) in [4.78, 5) is 0. The minimum atomic E-state index is 0.277. The summed E-state index contributed by atoms with van der Waals surface area (Å²) < 4.78 is 0. The molecule has 13 heavy (non-hydrogen) atoms. The highest BCUT2D eigenvalue weighted by Crippen LogP contribution is 2.17. The Morgan fingerprint density at radius 1 is 1.62 bits per heavy atom. The summed E-state index contributed by atoms with van der Waals surface area (Å²) in [7, 11) is 0. The fraction of sp³-hybridized carbons (Fsp3) is 0.200. The maximum Gasteiger partial charge on any atom is 0.120 e. The maximum absolute atomic E-state index is 9.44. The van der Waals surface area contributed by atoms with Crippen LogP contribution in [0.3, 0.4) is 0 Å². The zero-order valence-corrected chi connectivity index (χ0v) is 7.67. The number of nitrogens with two attached hydrogens (primary N) is 1. The number of aryl methyl sites for hydroxylation is 1. The Labute approximate surface area is 77.9 Å². The lowest BCUT2D eigenvalue weighted by Gasteiger charge is -2.07. The van der Waals surface area contributed by atoms with Crippen LogP contribution in [0.2, 0.25) is 0 Å². The van der Waals surface area contributed by atoms with E-state index in [0.717, 1.165) is 11.1 Å². The first-order valence-corrected chi connectivity index (χ1v) is 4.06. The van der Waals surface area contributed by atoms with Crippen LogP contribution in [-0.2, 0) is 6.54 Å². The van der Waals surface area contributed by atoms with Crippen molar-refractivity contribution in [2.24, 2.45) is 5.73 Å². The molecule has 1 aromatic carbocycles. The standard InChI is InChI=1S/C10H14N2O/c1-7-3-4-10(13)9(5-7)6-12-8(2)11/h3-5,12-13H,2,6,11H2,1H3. The lowest BCUT2D eigenvalue weighted by molar-refractivity contribution is 0.466. The lowest BCUT2D eigenvalue weighted by atomic mass is 10.1. The van der Waals surface area contributed by atoms with Crippen LogP contribution in [0.25, 0.3) is 0 Å². The Morgan fingerprint density at radius 2 is 2.31 bits per heavy atom. The lowest BCUT2D eigenvalue weighted by Crippen LogP contribution is -2.18. The van der Waals surface area contributed by atoms with Crippen LogP contribution in [-0.4, -0.2) is 5.11 Å². The van der Waals surface area contributed by atoms with Crippen molar-refractivity contribution in [2.45, 2.75) is 13.5 Å². The summed E-state index contributed by atoms with van der Waals surface area (Å²) >= 11 is 0. The molecule has 0 fully saturated rings. The van der Waals surface area contributed by atoms with Gasteiger partial charge in [-0.05, 0) is 13.0 Å². The average Bonchev–Trinajstić information content (AvgIpc) is 2.06. The van der Waals surface area contributed by atoms with Gasteiger partial charge in [0.05, 0.1) is 5.82 Å². The summed E-state index contributed by atoms with van der Waals surface area (Å²) in [5.41, 5.74) is 7.28. The van der Waals surface area contributed by atoms with Gasteiger partial charge in [0.2, 0.25) is 0 Å². The minimum Gasteiger partial charge on any atom is -0.508 e. The predicted molar refractivity (Wildman–Crippen MR) is 53.0 cm³/mol. The Balaban J connectivity index is 2.75. The van der Waals surface area contributed by atoms with Gasteiger partial charge in [0.25, 0.3) is 0 Å². The quantitative estimate of drug-likeness (QED) is 0.652. The van der Waals surface area contributed by atoms with Crippen molar-refractivity contribution in [3.8, 4) is 5.75 Å². The molecule has 1 aromatic rings. The van der Waals surface area contributed by atoms with Crippen molar-refractivity contribution < 1.29 is 5.11 Å². The van der Waals surface area contributed by atoms with Gasteiger partial charge in [0.15, 0.2) is 0 Å². The number of aromatic hydroxyl groups is 1. The molecule has 0 saturated heterocycles. The van der Waals surface area contributed by atoms with Crippen LogP contribution >= 0.6 is 0 Å². The molecule has 0 unspecified atom stereocenters. The first kappa shape index (κ1) is 9.45. The number of phenolic OH excluding ortho intramolecular Hbond substituents is 1. The smallest absolute Gasteiger partial charge is 0.120 e. The fourth-order valence-corrected chi connectivity index (χ4v) is 1.06. The topological polar surface area (TPSA) is 58.3 Å². The first-order chi connectivity index (χ1) is 6.09. The highest BCUT2D eigenvalue weighted by molar-refractivity contribution is 5.35. The Kier molecular flexibility index (Phi) is 2.80. The molecule has 1 rings (SSSR count). The van der Waals surface area contributed by atoms with Crippen LogP contribution in [0.1, 0.15) is 11.1 Å². The minimum absolute atomic E-state index is 0.277. The second-order valence-electron chi connectivity index (χ2n) is 3.01. The molecule has 0 aromatic heterocycles. The largest absolute Gasteiger partial charge is 0.508 e. The van der Waals surface area contributed by atoms with E-state index in [0.29, 0.717) is 12.4 Å². The summed E-state index contributed by atoms with van der Waals surface area (Å²) in [5, 5.41) is 12.3. The SMILES string of the molecule is C=C(N)NCc1cc(C)ccc1O. The predicted octanol–water partition coefficient (Wildman–Crippen LogP) is 1.22. The van der Waals surface area contributed by atoms with Crippen LogP contribution in [0.5, 0.6) is 5.75 Å². The number of benzene rings is 1. The van der Waals surface area contributed by atoms with Crippen LogP contribution in [0.15, 0.2) is 30.6 Å². The molecule has 4 N–H and O–H groups in total. The van der Waals surface area contributed by atoms with Crippen LogP contribution < -0.4 is 11.1 Å². The molecule has 3 nitrogen and oxygen atoms in total. The highest BCUT2D eigenvalue weighted by Gasteiger charge is 1.99. The van der Waals surface area contributed by atoms with Crippen molar-refractivity contribution in [3.05, 3.63) is 41.7 Å². The third-order valence-corrected chi connectivity index (χ3v) is 1.74. The van der Waals surface area contributed by atoms with Gasteiger partial charge in [-0.15, -0.1) is 0 Å². The van der Waals surface area contributed by atoms with E-state index in [4.69, 9.17) is 5.73 Å². The van der Waals surface area contributed by atoms with E-state index in [-0.39, 0.29) is 5.75 Å². The first-order valence-electron chi connectivity index (χ1n) is 4.06. The number of nitrogens with one attached hydrogen (secondary N) is 1. The molecule has 0 bridgehead atoms. The second-order valence-corrected chi connectivity index (χ2v) is 3.01. The molecule has 0 amide bonds. The highest BCUT2D eigenvalue weighted by atomic mass is 16.3. The van der Waals surface area contributed by atoms with Gasteiger partial charge in [-0.3, -0.25) is 0 Å². The van der Waals surface area contributed by atoms with Gasteiger partial charge in [0, 0.05) is 12.1 Å². The molecule has 3 heteroatoms. The molecule has 0 aliphatic carbocycles. The molecule has 0 heterocycles. The fourth-order valence-electron chi connectivity index (χ4n) is 1.06. The molecule has 0 spiro atoms. The van der Waals surface area contributed by atoms with Crippen LogP contribution in [0.4, 0.5) is 0 Å². The summed E-state index contributed by atoms with van der Waals surface area (Å²) in [6.45, 7) is 5.98. The van der Waals surface area contributed by atoms with E-state index in [1.165, 1.54) is 0 Å².